The van der Waals surface area contributed by atoms with Crippen LogP contribution in [0.2, 0.25) is 0 Å². The zero-order valence-electron chi connectivity index (χ0n) is 46.7. The van der Waals surface area contributed by atoms with Gasteiger partial charge in [0.15, 0.2) is 0 Å². The lowest BCUT2D eigenvalue weighted by molar-refractivity contribution is -0.122. The summed E-state index contributed by atoms with van der Waals surface area (Å²) in [5.41, 5.74) is 0. The molecule has 0 aromatic rings. The lowest BCUT2D eigenvalue weighted by Crippen LogP contribution is -2.22. The molecule has 2 amide bonds. The van der Waals surface area contributed by atoms with Crippen molar-refractivity contribution in [3.63, 3.8) is 0 Å². The Morgan fingerprint density at radius 1 is 0.451 bits per heavy atom. The van der Waals surface area contributed by atoms with Gasteiger partial charge in [0.2, 0.25) is 11.8 Å². The fraction of sp³-hybridized carbons (Fsp3) is 0.773. The summed E-state index contributed by atoms with van der Waals surface area (Å²) < 4.78 is 0. The highest BCUT2D eigenvalue weighted by Gasteiger charge is 2.48. The van der Waals surface area contributed by atoms with Crippen LogP contribution in [0.4, 0.5) is 0 Å². The molecule has 0 saturated heterocycles. The first-order valence-electron chi connectivity index (χ1n) is 30.6. The SMILES string of the molecule is CCC(=O)CCC1[C@H]2CC/C=C/CC[C@@H]12.CCC1CC/C=C/CCC1.CCC1CC2C=CC1C2.CCCC1[C@H]2CC/C=C/CC[C@@H]12.CNC(=O)CC1CC/C=C/CCC1.CNC(=O)CC1CC2C=CC1C2. The zero-order valence-corrected chi connectivity index (χ0v) is 46.7. The van der Waals surface area contributed by atoms with Crippen molar-refractivity contribution in [2.24, 2.45) is 82.9 Å². The van der Waals surface area contributed by atoms with Crippen molar-refractivity contribution < 1.29 is 14.4 Å². The van der Waals surface area contributed by atoms with Gasteiger partial charge in [0.05, 0.1) is 0 Å². The summed E-state index contributed by atoms with van der Waals surface area (Å²) in [5, 5.41) is 5.38. The summed E-state index contributed by atoms with van der Waals surface area (Å²) in [6, 6.07) is 0. The Kier molecular flexibility index (Phi) is 28.0. The highest BCUT2D eigenvalue weighted by atomic mass is 16.2. The Morgan fingerprint density at radius 3 is 1.30 bits per heavy atom. The summed E-state index contributed by atoms with van der Waals surface area (Å²) in [4.78, 5) is 33.5. The molecule has 0 heterocycles. The minimum Gasteiger partial charge on any atom is -0.359 e. The average Bonchev–Trinajstić information content (AvgIpc) is 3.74. The Morgan fingerprint density at radius 2 is 0.887 bits per heavy atom. The number of allylic oxidation sites excluding steroid dienone is 12. The normalized spacial score (nSPS) is 36.1. The molecule has 10 aliphatic rings. The number of ketones is 1. The van der Waals surface area contributed by atoms with Crippen molar-refractivity contribution >= 4 is 17.6 Å². The molecule has 10 rings (SSSR count). The number of hydrogen-bond acceptors (Lipinski definition) is 3. The minimum absolute atomic E-state index is 0.189. The molecule has 0 spiro atoms. The number of rotatable bonds is 12. The average molecular weight is 978 g/mol. The van der Waals surface area contributed by atoms with E-state index >= 15 is 0 Å². The molecule has 5 heteroatoms. The number of nitrogens with one attached hydrogen (secondary N) is 2. The lowest BCUT2D eigenvalue weighted by atomic mass is 9.90. The van der Waals surface area contributed by atoms with E-state index < -0.39 is 0 Å². The van der Waals surface area contributed by atoms with Gasteiger partial charge in [-0.2, -0.15) is 0 Å². The lowest BCUT2D eigenvalue weighted by Gasteiger charge is -2.16. The fourth-order valence-electron chi connectivity index (χ4n) is 14.4. The van der Waals surface area contributed by atoms with Gasteiger partial charge in [-0.15, -0.1) is 0 Å². The van der Waals surface area contributed by atoms with E-state index in [9.17, 15) is 14.4 Å². The minimum atomic E-state index is 0.189. The van der Waals surface area contributed by atoms with Crippen molar-refractivity contribution in [2.45, 2.75) is 227 Å². The first-order valence-corrected chi connectivity index (χ1v) is 30.6. The highest BCUT2D eigenvalue weighted by molar-refractivity contribution is 5.78. The highest BCUT2D eigenvalue weighted by Crippen LogP contribution is 2.56. The van der Waals surface area contributed by atoms with Gasteiger partial charge in [-0.25, -0.2) is 0 Å². The third kappa shape index (κ3) is 21.4. The number of Topliss-reactive ketones (excluding diaryl/α,β-unsaturated/α-hetero) is 1. The molecule has 0 radical (unpaired) electrons. The molecule has 5 nitrogen and oxygen atoms in total. The molecular weight excluding hydrogens is 869 g/mol. The second-order valence-corrected chi connectivity index (χ2v) is 23.8. The van der Waals surface area contributed by atoms with Crippen LogP contribution in [0, 0.1) is 82.9 Å². The third-order valence-corrected chi connectivity index (χ3v) is 19.0. The summed E-state index contributed by atoms with van der Waals surface area (Å²) >= 11 is 0. The van der Waals surface area contributed by atoms with Gasteiger partial charge in [-0.1, -0.05) is 133 Å². The van der Waals surface area contributed by atoms with Gasteiger partial charge in [-0.05, 0) is 224 Å². The van der Waals surface area contributed by atoms with Gasteiger partial charge >= 0.3 is 0 Å². The molecule has 0 aromatic carbocycles. The molecule has 0 aromatic heterocycles. The smallest absolute Gasteiger partial charge is 0.220 e. The number of carbonyl (C=O) groups excluding carboxylic acids is 3. The molecule has 4 bridgehead atoms. The van der Waals surface area contributed by atoms with Crippen LogP contribution in [0.3, 0.4) is 0 Å². The topological polar surface area (TPSA) is 75.3 Å². The van der Waals surface area contributed by atoms with Gasteiger partial charge in [0.25, 0.3) is 0 Å². The predicted molar refractivity (Wildman–Crippen MR) is 303 cm³/mol. The van der Waals surface area contributed by atoms with E-state index in [-0.39, 0.29) is 11.8 Å². The Bertz CT molecular complexity index is 1670. The van der Waals surface area contributed by atoms with Crippen LogP contribution in [0.1, 0.15) is 227 Å². The maximum atomic E-state index is 11.3. The van der Waals surface area contributed by atoms with Crippen LogP contribution in [-0.4, -0.2) is 31.7 Å². The van der Waals surface area contributed by atoms with Crippen molar-refractivity contribution in [2.75, 3.05) is 14.1 Å². The number of fused-ring (bicyclic) bond motifs is 6. The van der Waals surface area contributed by atoms with E-state index in [2.05, 4.69) is 104 Å². The van der Waals surface area contributed by atoms with E-state index in [0.29, 0.717) is 30.0 Å². The quantitative estimate of drug-likeness (QED) is 0.191. The second kappa shape index (κ2) is 33.8. The molecule has 14 atom stereocenters. The first-order chi connectivity index (χ1) is 34.7. The maximum Gasteiger partial charge on any atom is 0.220 e. The molecule has 10 aliphatic carbocycles. The van der Waals surface area contributed by atoms with Gasteiger partial charge in [-0.3, -0.25) is 14.4 Å². The van der Waals surface area contributed by atoms with Crippen molar-refractivity contribution in [3.8, 4) is 0 Å². The first kappa shape index (κ1) is 58.9. The van der Waals surface area contributed by atoms with Gasteiger partial charge in [0, 0.05) is 39.8 Å². The molecule has 4 fully saturated rings. The van der Waals surface area contributed by atoms with E-state index in [1.807, 2.05) is 6.92 Å². The summed E-state index contributed by atoms with van der Waals surface area (Å²) in [5.74, 6) is 13.7. The van der Waals surface area contributed by atoms with Crippen LogP contribution >= 0.6 is 0 Å². The Labute approximate surface area is 437 Å². The van der Waals surface area contributed by atoms with E-state index in [0.717, 1.165) is 90.8 Å². The Hall–Kier alpha value is -2.95. The summed E-state index contributed by atoms with van der Waals surface area (Å²) in [6.07, 6.45) is 67.2. The molecular formula is C66H108N2O3. The van der Waals surface area contributed by atoms with Gasteiger partial charge < -0.3 is 10.6 Å². The number of hydrogen-bond donors (Lipinski definition) is 2. The predicted octanol–water partition coefficient (Wildman–Crippen LogP) is 17.3. The van der Waals surface area contributed by atoms with Crippen LogP contribution in [-0.2, 0) is 14.4 Å². The van der Waals surface area contributed by atoms with E-state index in [4.69, 9.17) is 0 Å². The maximum absolute atomic E-state index is 11.3. The van der Waals surface area contributed by atoms with Crippen LogP contribution < -0.4 is 10.6 Å². The standard InChI is InChI=1S/C14H22O.C12H20.C11H19NO.C10H15NO.C10H18.C9H14/c1-2-11(15)9-10-14-12-7-5-3-4-6-8-13(12)14;1-2-7-10-11-8-5-3-4-6-9-12(10)11;1-12-11(13)9-10-7-5-3-2-4-6-8-10;1-11-10(12)6-9-5-7-2-3-8(9)4-7;1-2-10-8-6-4-3-5-7-9-10;1-2-8-5-7-3-4-9(8)6-7/h3-4,12-14H,2,5-10H2,1H3;3-4,10-12H,2,5-9H2,1H3;2-3,10H,4-9H2,1H3,(H,12,13);2-3,7-9H,4-6H2,1H3,(H,11,12);3-4,10H,2,5-9H2,1H3;3-4,7-9H,2,5-6H2,1H3/b2*4-3+;3-2+;;4-3+;/t12-,13+,14?;10?,11-,12+;;;;. The third-order valence-electron chi connectivity index (χ3n) is 19.0. The number of carbonyl (C=O) groups is 3. The number of amides is 2. The fourth-order valence-corrected chi connectivity index (χ4v) is 14.4. The molecule has 2 N–H and O–H groups in total. The van der Waals surface area contributed by atoms with E-state index in [1.165, 1.54) is 167 Å². The van der Waals surface area contributed by atoms with Crippen LogP contribution in [0.5, 0.6) is 0 Å². The van der Waals surface area contributed by atoms with E-state index in [1.54, 1.807) is 14.1 Å². The van der Waals surface area contributed by atoms with Crippen molar-refractivity contribution in [3.05, 3.63) is 72.9 Å². The molecule has 400 valence electrons. The van der Waals surface area contributed by atoms with Crippen molar-refractivity contribution in [1.82, 2.24) is 10.6 Å². The Balaban J connectivity index is 0.000000159. The van der Waals surface area contributed by atoms with Crippen LogP contribution in [0.15, 0.2) is 72.9 Å². The molecule has 0 aliphatic heterocycles. The van der Waals surface area contributed by atoms with Crippen LogP contribution in [0.25, 0.3) is 0 Å². The van der Waals surface area contributed by atoms with Crippen molar-refractivity contribution in [1.29, 1.82) is 0 Å². The van der Waals surface area contributed by atoms with Gasteiger partial charge in [0.1, 0.15) is 5.78 Å². The molecule has 10 unspecified atom stereocenters. The monoisotopic (exact) mass is 977 g/mol. The molecule has 4 saturated carbocycles. The summed E-state index contributed by atoms with van der Waals surface area (Å²) in [7, 11) is 3.43. The zero-order chi connectivity index (χ0) is 50.6. The summed E-state index contributed by atoms with van der Waals surface area (Å²) in [6.45, 7) is 8.93. The molecule has 71 heavy (non-hydrogen) atoms. The second-order valence-electron chi connectivity index (χ2n) is 23.8. The largest absolute Gasteiger partial charge is 0.359 e.